The Balaban J connectivity index is 1.57. The zero-order valence-corrected chi connectivity index (χ0v) is 21.1. The summed E-state index contributed by atoms with van der Waals surface area (Å²) in [6.45, 7) is 4.21. The number of imidazole rings is 1. The van der Waals surface area contributed by atoms with Gasteiger partial charge in [0.15, 0.2) is 11.5 Å². The zero-order chi connectivity index (χ0) is 27.4. The molecule has 0 aliphatic carbocycles. The third-order valence-electron chi connectivity index (χ3n) is 6.10. The maximum Gasteiger partial charge on any atom is 0.261 e. The van der Waals surface area contributed by atoms with E-state index in [4.69, 9.17) is 9.72 Å². The van der Waals surface area contributed by atoms with Crippen molar-refractivity contribution in [3.63, 3.8) is 0 Å². The number of aromatic amines is 1. The van der Waals surface area contributed by atoms with Crippen LogP contribution in [-0.4, -0.2) is 32.8 Å². The van der Waals surface area contributed by atoms with Crippen LogP contribution < -0.4 is 10.1 Å². The fraction of sp³-hybridized carbons (Fsp3) is 0.100. The summed E-state index contributed by atoms with van der Waals surface area (Å²) in [6.07, 6.45) is 3.88. The second-order valence-corrected chi connectivity index (χ2v) is 8.76. The Labute approximate surface area is 223 Å². The van der Waals surface area contributed by atoms with E-state index in [0.717, 1.165) is 34.7 Å². The first-order chi connectivity index (χ1) is 19.0. The molecule has 2 N–H and O–H groups in total. The minimum Gasteiger partial charge on any atom is -0.497 e. The number of nitrogens with zero attached hydrogens (tertiary/aromatic N) is 3. The Bertz CT molecular complexity index is 1610. The van der Waals surface area contributed by atoms with E-state index in [1.54, 1.807) is 24.1 Å². The van der Waals surface area contributed by atoms with Crippen molar-refractivity contribution in [2.75, 3.05) is 12.4 Å². The number of anilines is 1. The summed E-state index contributed by atoms with van der Waals surface area (Å²) in [7, 11) is 1.59. The molecule has 1 amide bonds. The molecule has 0 spiro atoms. The largest absolute Gasteiger partial charge is 0.497 e. The molecule has 2 heterocycles. The van der Waals surface area contributed by atoms with Crippen LogP contribution in [0.4, 0.5) is 14.5 Å². The zero-order valence-electron chi connectivity index (χ0n) is 21.1. The van der Waals surface area contributed by atoms with Gasteiger partial charge in [0.25, 0.3) is 5.91 Å². The molecular formula is C30H25F2N5O2. The summed E-state index contributed by atoms with van der Waals surface area (Å²) in [6, 6.07) is 20.4. The number of H-pyrrole nitrogens is 1. The number of rotatable bonds is 9. The minimum atomic E-state index is -0.961. The van der Waals surface area contributed by atoms with Crippen molar-refractivity contribution in [2.24, 2.45) is 0 Å². The van der Waals surface area contributed by atoms with Crippen LogP contribution in [0.5, 0.6) is 5.75 Å². The molecule has 0 aliphatic heterocycles. The number of hydrogen-bond acceptors (Lipinski definition) is 4. The van der Waals surface area contributed by atoms with E-state index in [-0.39, 0.29) is 5.69 Å². The summed E-state index contributed by atoms with van der Waals surface area (Å²) >= 11 is 0. The van der Waals surface area contributed by atoms with Gasteiger partial charge in [-0.25, -0.2) is 13.8 Å². The summed E-state index contributed by atoms with van der Waals surface area (Å²) in [5.74, 6) is -1.74. The van der Waals surface area contributed by atoms with Gasteiger partial charge in [-0.1, -0.05) is 54.6 Å². The molecule has 0 aliphatic rings. The molecule has 5 rings (SSSR count). The summed E-state index contributed by atoms with van der Waals surface area (Å²) in [4.78, 5) is 21.1. The van der Waals surface area contributed by atoms with Crippen LogP contribution in [0.2, 0.25) is 0 Å². The highest BCUT2D eigenvalue weighted by atomic mass is 19.1. The van der Waals surface area contributed by atoms with Crippen molar-refractivity contribution >= 4 is 11.6 Å². The highest BCUT2D eigenvalue weighted by Crippen LogP contribution is 2.31. The highest BCUT2D eigenvalue weighted by Gasteiger charge is 2.23. The topological polar surface area (TPSA) is 84.8 Å². The van der Waals surface area contributed by atoms with Crippen LogP contribution in [0, 0.1) is 11.6 Å². The first kappa shape index (κ1) is 25.6. The third-order valence-corrected chi connectivity index (χ3v) is 6.10. The fourth-order valence-electron chi connectivity index (χ4n) is 4.23. The number of benzene rings is 3. The number of halogens is 2. The van der Waals surface area contributed by atoms with Crippen molar-refractivity contribution in [2.45, 2.75) is 13.0 Å². The molecular weight excluding hydrogens is 500 g/mol. The lowest BCUT2D eigenvalue weighted by Gasteiger charge is -2.06. The van der Waals surface area contributed by atoms with E-state index >= 15 is 0 Å². The van der Waals surface area contributed by atoms with Crippen LogP contribution in [0.3, 0.4) is 0 Å². The molecule has 39 heavy (non-hydrogen) atoms. The maximum atomic E-state index is 14.4. The van der Waals surface area contributed by atoms with E-state index in [1.165, 1.54) is 6.07 Å². The van der Waals surface area contributed by atoms with Gasteiger partial charge in [-0.3, -0.25) is 9.48 Å². The van der Waals surface area contributed by atoms with Crippen LogP contribution >= 0.6 is 0 Å². The molecule has 0 unspecified atom stereocenters. The van der Waals surface area contributed by atoms with E-state index in [9.17, 15) is 13.6 Å². The van der Waals surface area contributed by atoms with Gasteiger partial charge in [-0.2, -0.15) is 5.10 Å². The van der Waals surface area contributed by atoms with Crippen molar-refractivity contribution in [3.05, 3.63) is 120 Å². The SMILES string of the molecule is C=CCc1[nH]c(-c2nn(Cc3ccc(OC)cc3)cc2NC(=O)c2c(F)cccc2F)nc1-c1ccccc1. The average Bonchev–Trinajstić information content (AvgIpc) is 3.53. The molecule has 7 nitrogen and oxygen atoms in total. The van der Waals surface area contributed by atoms with E-state index < -0.39 is 23.1 Å². The molecule has 0 bridgehead atoms. The number of carbonyl (C=O) groups excluding carboxylic acids is 1. The van der Waals surface area contributed by atoms with Gasteiger partial charge in [0.2, 0.25) is 0 Å². The summed E-state index contributed by atoms with van der Waals surface area (Å²) < 4.78 is 35.6. The second kappa shape index (κ2) is 11.1. The molecule has 2 aromatic heterocycles. The van der Waals surface area contributed by atoms with E-state index in [0.29, 0.717) is 30.2 Å². The van der Waals surface area contributed by atoms with Crippen molar-refractivity contribution < 1.29 is 18.3 Å². The van der Waals surface area contributed by atoms with Crippen molar-refractivity contribution in [3.8, 4) is 28.5 Å². The predicted molar refractivity (Wildman–Crippen MR) is 146 cm³/mol. The number of nitrogens with one attached hydrogen (secondary N) is 2. The van der Waals surface area contributed by atoms with Gasteiger partial charge in [0, 0.05) is 23.9 Å². The summed E-state index contributed by atoms with van der Waals surface area (Å²) in [5, 5.41) is 7.31. The second-order valence-electron chi connectivity index (χ2n) is 8.76. The number of hydrogen-bond donors (Lipinski definition) is 2. The molecule has 3 aromatic carbocycles. The first-order valence-corrected chi connectivity index (χ1v) is 12.2. The number of allylic oxidation sites excluding steroid dienone is 1. The molecule has 0 saturated heterocycles. The van der Waals surface area contributed by atoms with E-state index in [2.05, 4.69) is 22.0 Å². The van der Waals surface area contributed by atoms with Gasteiger partial charge in [0.1, 0.15) is 22.9 Å². The summed E-state index contributed by atoms with van der Waals surface area (Å²) in [5.41, 5.74) is 3.24. The Morgan fingerprint density at radius 3 is 2.41 bits per heavy atom. The van der Waals surface area contributed by atoms with Crippen LogP contribution in [0.15, 0.2) is 91.6 Å². The van der Waals surface area contributed by atoms with Crippen molar-refractivity contribution in [1.29, 1.82) is 0 Å². The van der Waals surface area contributed by atoms with Gasteiger partial charge in [0.05, 0.1) is 25.0 Å². The van der Waals surface area contributed by atoms with Crippen molar-refractivity contribution in [1.82, 2.24) is 19.7 Å². The highest BCUT2D eigenvalue weighted by molar-refractivity contribution is 6.06. The molecule has 0 fully saturated rings. The monoisotopic (exact) mass is 525 g/mol. The Hall–Kier alpha value is -5.05. The molecule has 0 radical (unpaired) electrons. The standard InChI is InChI=1S/C30H25F2N5O2/c1-3-8-24-27(20-9-5-4-6-10-20)35-29(33-24)28-25(34-30(38)26-22(31)11-7-12-23(26)32)18-37(36-28)17-19-13-15-21(39-2)16-14-19/h3-7,9-16,18H,1,8,17H2,2H3,(H,33,35)(H,34,38). The van der Waals surface area contributed by atoms with Gasteiger partial charge in [-0.05, 0) is 29.8 Å². The lowest BCUT2D eigenvalue weighted by atomic mass is 10.1. The molecule has 0 saturated carbocycles. The quantitative estimate of drug-likeness (QED) is 0.223. The number of amides is 1. The fourth-order valence-corrected chi connectivity index (χ4v) is 4.23. The Morgan fingerprint density at radius 1 is 1.03 bits per heavy atom. The van der Waals surface area contributed by atoms with Gasteiger partial charge >= 0.3 is 0 Å². The smallest absolute Gasteiger partial charge is 0.261 e. The molecule has 196 valence electrons. The molecule has 0 atom stereocenters. The number of methoxy groups -OCH3 is 1. The predicted octanol–water partition coefficient (Wildman–Crippen LogP) is 6.26. The Kier molecular flexibility index (Phi) is 7.31. The van der Waals surface area contributed by atoms with Gasteiger partial charge in [-0.15, -0.1) is 6.58 Å². The van der Waals surface area contributed by atoms with Crippen LogP contribution in [-0.2, 0) is 13.0 Å². The lowest BCUT2D eigenvalue weighted by Crippen LogP contribution is -2.16. The van der Waals surface area contributed by atoms with Crippen LogP contribution in [0.1, 0.15) is 21.6 Å². The minimum absolute atomic E-state index is 0.245. The molecule has 5 aromatic rings. The van der Waals surface area contributed by atoms with Gasteiger partial charge < -0.3 is 15.0 Å². The number of aromatic nitrogens is 4. The van der Waals surface area contributed by atoms with Crippen LogP contribution in [0.25, 0.3) is 22.8 Å². The Morgan fingerprint density at radius 2 is 1.74 bits per heavy atom. The third kappa shape index (κ3) is 5.47. The lowest BCUT2D eigenvalue weighted by molar-refractivity contribution is 0.101. The maximum absolute atomic E-state index is 14.4. The number of carbonyl (C=O) groups is 1. The average molecular weight is 526 g/mol. The first-order valence-electron chi connectivity index (χ1n) is 12.2. The number of ether oxygens (including phenoxy) is 1. The molecule has 9 heteroatoms. The normalized spacial score (nSPS) is 10.8. The van der Waals surface area contributed by atoms with E-state index in [1.807, 2.05) is 54.6 Å².